The Bertz CT molecular complexity index is 774. The molecule has 28 heavy (non-hydrogen) atoms. The summed E-state index contributed by atoms with van der Waals surface area (Å²) in [7, 11) is 0. The number of hydrogen-bond donors (Lipinski definition) is 1. The fourth-order valence-corrected chi connectivity index (χ4v) is 3.44. The second-order valence-electron chi connectivity index (χ2n) is 6.87. The Morgan fingerprint density at radius 2 is 1.79 bits per heavy atom. The molecule has 2 saturated heterocycles. The summed E-state index contributed by atoms with van der Waals surface area (Å²) in [5, 5.41) is 3.10. The van der Waals surface area contributed by atoms with E-state index >= 15 is 0 Å². The van der Waals surface area contributed by atoms with Crippen LogP contribution < -0.4 is 5.32 Å². The topological polar surface area (TPSA) is 96.0 Å². The third kappa shape index (κ3) is 4.44. The van der Waals surface area contributed by atoms with E-state index in [1.807, 2.05) is 0 Å². The van der Waals surface area contributed by atoms with Crippen molar-refractivity contribution in [1.29, 1.82) is 0 Å². The van der Waals surface area contributed by atoms with Crippen molar-refractivity contribution in [3.8, 4) is 0 Å². The molecule has 1 atom stereocenters. The standard InChI is InChI=1S/C19H22ClN3O5/c1-12(16(24)23-11-8-21-19(23)27)28-18(26)14-6-9-22(10-7-14)17(25)13-2-4-15(20)5-3-13/h2-5,12,14H,6-11H2,1H3,(H,21,27). The Morgan fingerprint density at radius 3 is 2.36 bits per heavy atom. The van der Waals surface area contributed by atoms with Gasteiger partial charge in [0.1, 0.15) is 0 Å². The summed E-state index contributed by atoms with van der Waals surface area (Å²) in [5.74, 6) is -1.48. The highest BCUT2D eigenvalue weighted by Gasteiger charge is 2.34. The Hall–Kier alpha value is -2.61. The highest BCUT2D eigenvalue weighted by Crippen LogP contribution is 2.22. The average Bonchev–Trinajstić information content (AvgIpc) is 3.13. The molecular weight excluding hydrogens is 386 g/mol. The van der Waals surface area contributed by atoms with Crippen molar-refractivity contribution in [3.63, 3.8) is 0 Å². The van der Waals surface area contributed by atoms with Crippen molar-refractivity contribution in [3.05, 3.63) is 34.9 Å². The van der Waals surface area contributed by atoms with Gasteiger partial charge >= 0.3 is 12.0 Å². The Kier molecular flexibility index (Phi) is 6.18. The lowest BCUT2D eigenvalue weighted by Crippen LogP contribution is -2.44. The zero-order valence-electron chi connectivity index (χ0n) is 15.5. The van der Waals surface area contributed by atoms with Gasteiger partial charge in [0.25, 0.3) is 11.8 Å². The molecule has 2 aliphatic rings. The second-order valence-corrected chi connectivity index (χ2v) is 7.31. The van der Waals surface area contributed by atoms with Crippen LogP contribution in [0.25, 0.3) is 0 Å². The highest BCUT2D eigenvalue weighted by molar-refractivity contribution is 6.30. The van der Waals surface area contributed by atoms with E-state index in [2.05, 4.69) is 5.32 Å². The number of carbonyl (C=O) groups is 4. The van der Waals surface area contributed by atoms with Crippen LogP contribution in [-0.2, 0) is 14.3 Å². The van der Waals surface area contributed by atoms with E-state index in [-0.39, 0.29) is 18.4 Å². The van der Waals surface area contributed by atoms with Crippen LogP contribution in [0.3, 0.4) is 0 Å². The van der Waals surface area contributed by atoms with Gasteiger partial charge in [-0.2, -0.15) is 0 Å². The molecule has 1 aromatic carbocycles. The molecule has 2 fully saturated rings. The predicted molar refractivity (Wildman–Crippen MR) is 101 cm³/mol. The summed E-state index contributed by atoms with van der Waals surface area (Å²) in [5.41, 5.74) is 0.550. The monoisotopic (exact) mass is 407 g/mol. The van der Waals surface area contributed by atoms with Crippen LogP contribution in [0.2, 0.25) is 5.02 Å². The third-order valence-electron chi connectivity index (χ3n) is 4.97. The summed E-state index contributed by atoms with van der Waals surface area (Å²) >= 11 is 5.84. The quantitative estimate of drug-likeness (QED) is 0.766. The van der Waals surface area contributed by atoms with Crippen LogP contribution in [0.1, 0.15) is 30.1 Å². The molecule has 2 heterocycles. The predicted octanol–water partition coefficient (Wildman–Crippen LogP) is 1.68. The molecule has 1 unspecified atom stereocenters. The van der Waals surface area contributed by atoms with Crippen molar-refractivity contribution in [2.45, 2.75) is 25.9 Å². The molecule has 4 amide bonds. The zero-order valence-corrected chi connectivity index (χ0v) is 16.3. The van der Waals surface area contributed by atoms with E-state index < -0.39 is 24.0 Å². The number of carbonyl (C=O) groups excluding carboxylic acids is 4. The van der Waals surface area contributed by atoms with Crippen LogP contribution in [-0.4, -0.2) is 65.9 Å². The molecule has 1 N–H and O–H groups in total. The molecule has 0 aliphatic carbocycles. The minimum absolute atomic E-state index is 0.105. The maximum atomic E-state index is 12.5. The minimum atomic E-state index is -1.02. The van der Waals surface area contributed by atoms with E-state index in [9.17, 15) is 19.2 Å². The maximum absolute atomic E-state index is 12.5. The van der Waals surface area contributed by atoms with Gasteiger partial charge in [0.05, 0.1) is 5.92 Å². The molecule has 0 aromatic heterocycles. The molecule has 0 radical (unpaired) electrons. The van der Waals surface area contributed by atoms with E-state index in [0.29, 0.717) is 43.1 Å². The number of urea groups is 1. The molecule has 3 rings (SSSR count). The van der Waals surface area contributed by atoms with Crippen molar-refractivity contribution >= 4 is 35.4 Å². The first kappa shape index (κ1) is 20.1. The van der Waals surface area contributed by atoms with Crippen molar-refractivity contribution in [1.82, 2.24) is 15.1 Å². The molecular formula is C19H22ClN3O5. The van der Waals surface area contributed by atoms with Gasteiger partial charge in [-0.25, -0.2) is 4.79 Å². The van der Waals surface area contributed by atoms with Gasteiger partial charge in [0, 0.05) is 36.8 Å². The van der Waals surface area contributed by atoms with Crippen LogP contribution in [0.5, 0.6) is 0 Å². The average molecular weight is 408 g/mol. The van der Waals surface area contributed by atoms with Gasteiger partial charge in [0.15, 0.2) is 6.10 Å². The van der Waals surface area contributed by atoms with Crippen molar-refractivity contribution in [2.75, 3.05) is 26.2 Å². The van der Waals surface area contributed by atoms with Gasteiger partial charge in [0.2, 0.25) is 0 Å². The Balaban J connectivity index is 1.49. The lowest BCUT2D eigenvalue weighted by atomic mass is 9.96. The number of nitrogens with one attached hydrogen (secondary N) is 1. The first-order valence-electron chi connectivity index (χ1n) is 9.21. The third-order valence-corrected chi connectivity index (χ3v) is 5.22. The van der Waals surface area contributed by atoms with Gasteiger partial charge < -0.3 is 15.0 Å². The number of imide groups is 1. The van der Waals surface area contributed by atoms with Gasteiger partial charge in [-0.1, -0.05) is 11.6 Å². The summed E-state index contributed by atoms with van der Waals surface area (Å²) in [4.78, 5) is 51.4. The maximum Gasteiger partial charge on any atom is 0.324 e. The summed E-state index contributed by atoms with van der Waals surface area (Å²) < 4.78 is 5.28. The normalized spacial score (nSPS) is 18.6. The lowest BCUT2D eigenvalue weighted by Gasteiger charge is -2.31. The van der Waals surface area contributed by atoms with Crippen molar-refractivity contribution in [2.24, 2.45) is 5.92 Å². The number of esters is 1. The molecule has 0 bridgehead atoms. The fraction of sp³-hybridized carbons (Fsp3) is 0.474. The summed E-state index contributed by atoms with van der Waals surface area (Å²) in [6, 6.07) is 6.21. The summed E-state index contributed by atoms with van der Waals surface area (Å²) in [6.07, 6.45) is -0.0999. The van der Waals surface area contributed by atoms with E-state index in [1.165, 1.54) is 6.92 Å². The molecule has 2 aliphatic heterocycles. The summed E-state index contributed by atoms with van der Waals surface area (Å²) in [6.45, 7) is 2.98. The van der Waals surface area contributed by atoms with E-state index in [4.69, 9.17) is 16.3 Å². The molecule has 150 valence electrons. The highest BCUT2D eigenvalue weighted by atomic mass is 35.5. The SMILES string of the molecule is CC(OC(=O)C1CCN(C(=O)c2ccc(Cl)cc2)CC1)C(=O)N1CCNC1=O. The first-order valence-corrected chi connectivity index (χ1v) is 9.59. The van der Waals surface area contributed by atoms with Gasteiger partial charge in [-0.15, -0.1) is 0 Å². The van der Waals surface area contributed by atoms with Crippen molar-refractivity contribution < 1.29 is 23.9 Å². The number of nitrogens with zero attached hydrogens (tertiary/aromatic N) is 2. The number of ether oxygens (including phenoxy) is 1. The second kappa shape index (κ2) is 8.60. The van der Waals surface area contributed by atoms with Crippen LogP contribution >= 0.6 is 11.6 Å². The number of piperidine rings is 1. The van der Waals surface area contributed by atoms with Crippen LogP contribution in [0, 0.1) is 5.92 Å². The van der Waals surface area contributed by atoms with Gasteiger partial charge in [-0.3, -0.25) is 19.3 Å². The fourth-order valence-electron chi connectivity index (χ4n) is 3.32. The Morgan fingerprint density at radius 1 is 1.14 bits per heavy atom. The Labute approximate surface area is 167 Å². The number of hydrogen-bond acceptors (Lipinski definition) is 5. The van der Waals surface area contributed by atoms with Gasteiger partial charge in [-0.05, 0) is 44.0 Å². The molecule has 0 spiro atoms. The minimum Gasteiger partial charge on any atom is -0.452 e. The number of rotatable bonds is 4. The number of benzene rings is 1. The molecule has 0 saturated carbocycles. The largest absolute Gasteiger partial charge is 0.452 e. The number of amides is 4. The van der Waals surface area contributed by atoms with Crippen LogP contribution in [0.15, 0.2) is 24.3 Å². The van der Waals surface area contributed by atoms with Crippen LogP contribution in [0.4, 0.5) is 4.79 Å². The smallest absolute Gasteiger partial charge is 0.324 e. The zero-order chi connectivity index (χ0) is 20.3. The lowest BCUT2D eigenvalue weighted by molar-refractivity contribution is -0.162. The first-order chi connectivity index (χ1) is 13.4. The number of likely N-dealkylation sites (tertiary alicyclic amines) is 1. The molecule has 9 heteroatoms. The number of halogens is 1. The van der Waals surface area contributed by atoms with E-state index in [1.54, 1.807) is 29.2 Å². The molecule has 1 aromatic rings. The van der Waals surface area contributed by atoms with E-state index in [0.717, 1.165) is 4.90 Å². The molecule has 8 nitrogen and oxygen atoms in total.